The number of rotatable bonds is 42. The molecule has 0 bridgehead atoms. The summed E-state index contributed by atoms with van der Waals surface area (Å²) in [6.07, 6.45) is 21.2. The van der Waals surface area contributed by atoms with Gasteiger partial charge in [-0.05, 0) is 37.5 Å². The van der Waals surface area contributed by atoms with Gasteiger partial charge in [-0.15, -0.1) is 0 Å². The number of esters is 2. The Balaban J connectivity index is 1.96. The van der Waals surface area contributed by atoms with Crippen molar-refractivity contribution in [3.05, 3.63) is 0 Å². The average Bonchev–Trinajstić information content (AvgIpc) is 3.31. The average molecular weight is 959 g/mol. The lowest BCUT2D eigenvalue weighted by Gasteiger charge is -2.44. The van der Waals surface area contributed by atoms with Gasteiger partial charge in [-0.25, -0.2) is 0 Å². The van der Waals surface area contributed by atoms with Gasteiger partial charge in [0.25, 0.3) is 0 Å². The van der Waals surface area contributed by atoms with Gasteiger partial charge < -0.3 is 54.3 Å². The molecule has 5 unspecified atom stereocenters. The van der Waals surface area contributed by atoms with Gasteiger partial charge in [-0.1, -0.05) is 207 Å². The third kappa shape index (κ3) is 27.1. The molecule has 0 amide bonds. The van der Waals surface area contributed by atoms with Crippen molar-refractivity contribution in [2.75, 3.05) is 13.2 Å². The maximum atomic E-state index is 13.2. The molecule has 13 nitrogen and oxygen atoms in total. The van der Waals surface area contributed by atoms with Crippen molar-refractivity contribution in [1.82, 2.24) is 0 Å². The van der Waals surface area contributed by atoms with E-state index in [1.165, 1.54) is 128 Å². The third-order valence-electron chi connectivity index (χ3n) is 14.2. The summed E-state index contributed by atoms with van der Waals surface area (Å²) in [5.41, 5.74) is 0. The zero-order valence-corrected chi connectivity index (χ0v) is 42.9. The number of hydrogen-bond donors (Lipinski definition) is 6. The van der Waals surface area contributed by atoms with Crippen LogP contribution in [0.25, 0.3) is 0 Å². The molecule has 0 aromatic rings. The Kier molecular flexibility index (Phi) is 36.1. The van der Waals surface area contributed by atoms with Crippen LogP contribution in [0.2, 0.25) is 0 Å². The third-order valence-corrected chi connectivity index (χ3v) is 14.2. The van der Waals surface area contributed by atoms with E-state index >= 15 is 0 Å². The molecule has 2 saturated heterocycles. The molecule has 10 atom stereocenters. The molecule has 396 valence electrons. The Morgan fingerprint density at radius 2 is 0.627 bits per heavy atom. The molecular formula is C54H102O13. The first-order valence-corrected chi connectivity index (χ1v) is 27.8. The van der Waals surface area contributed by atoms with Gasteiger partial charge in [0.1, 0.15) is 62.0 Å². The van der Waals surface area contributed by atoms with E-state index in [0.29, 0.717) is 0 Å². The van der Waals surface area contributed by atoms with Crippen molar-refractivity contribution in [2.24, 2.45) is 11.8 Å². The lowest BCUT2D eigenvalue weighted by Crippen LogP contribution is -2.64. The minimum atomic E-state index is -1.81. The summed E-state index contributed by atoms with van der Waals surface area (Å²) in [7, 11) is 0. The SMILES string of the molecule is CCCCCCCCCC(CCCCCCCCC)CC(=O)OCC1OC(O[C@H]2OC(COC(=O)CC(CCCCCCCCC)CCCCCCCCC)[C@@H](O)[C@H](O)C2O)C(O)[C@@H](O)[C@@H]1O. The van der Waals surface area contributed by atoms with Crippen molar-refractivity contribution < 1.29 is 63.9 Å². The predicted molar refractivity (Wildman–Crippen MR) is 263 cm³/mol. The number of aliphatic hydroxyl groups is 6. The molecule has 0 aliphatic carbocycles. The van der Waals surface area contributed by atoms with Crippen LogP contribution in [0.5, 0.6) is 0 Å². The van der Waals surface area contributed by atoms with Gasteiger partial charge >= 0.3 is 11.9 Å². The lowest BCUT2D eigenvalue weighted by molar-refractivity contribution is -0.376. The van der Waals surface area contributed by atoms with Crippen molar-refractivity contribution >= 4 is 11.9 Å². The summed E-state index contributed by atoms with van der Waals surface area (Å²) in [6.45, 7) is 8.01. The van der Waals surface area contributed by atoms with Crippen molar-refractivity contribution in [3.8, 4) is 0 Å². The van der Waals surface area contributed by atoms with Crippen LogP contribution in [0.15, 0.2) is 0 Å². The van der Waals surface area contributed by atoms with Gasteiger partial charge in [0.2, 0.25) is 0 Å². The van der Waals surface area contributed by atoms with Gasteiger partial charge in [0, 0.05) is 12.8 Å². The predicted octanol–water partition coefficient (Wildman–Crippen LogP) is 10.3. The molecule has 2 aliphatic rings. The summed E-state index contributed by atoms with van der Waals surface area (Å²) >= 11 is 0. The molecular weight excluding hydrogens is 857 g/mol. The lowest BCUT2D eigenvalue weighted by atomic mass is 9.91. The smallest absolute Gasteiger partial charge is 0.306 e. The standard InChI is InChI=1S/C54H102O13/c1-5-9-13-17-21-25-29-33-41(34-30-26-22-18-14-10-6-2)37-45(55)63-39-43-47(57)49(59)51(61)53(65-43)67-54-52(62)50(60)48(58)44(66-54)40-64-46(56)38-42(35-31-27-23-19-15-11-7-3)36-32-28-24-20-16-12-8-4/h41-44,47-54,57-62H,5-40H2,1-4H3/t43?,44?,47-,48-,49+,50+,51?,52?,53-,54?/m1/s1. The summed E-state index contributed by atoms with van der Waals surface area (Å²) < 4.78 is 28.6. The summed E-state index contributed by atoms with van der Waals surface area (Å²) in [4.78, 5) is 26.5. The largest absolute Gasteiger partial charge is 0.463 e. The van der Waals surface area contributed by atoms with Crippen LogP contribution in [-0.4, -0.2) is 117 Å². The van der Waals surface area contributed by atoms with Crippen LogP contribution < -0.4 is 0 Å². The van der Waals surface area contributed by atoms with Crippen LogP contribution in [-0.2, 0) is 33.3 Å². The molecule has 2 fully saturated rings. The highest BCUT2D eigenvalue weighted by atomic mass is 16.8. The molecule has 0 saturated carbocycles. The molecule has 2 rings (SSSR count). The first-order valence-electron chi connectivity index (χ1n) is 27.8. The number of carbonyl (C=O) groups excluding carboxylic acids is 2. The monoisotopic (exact) mass is 959 g/mol. The summed E-state index contributed by atoms with van der Waals surface area (Å²) in [5, 5.41) is 65.0. The maximum absolute atomic E-state index is 13.2. The highest BCUT2D eigenvalue weighted by molar-refractivity contribution is 5.70. The highest BCUT2D eigenvalue weighted by Gasteiger charge is 2.50. The molecule has 6 N–H and O–H groups in total. The number of unbranched alkanes of at least 4 members (excludes halogenated alkanes) is 24. The second-order valence-corrected chi connectivity index (χ2v) is 20.3. The van der Waals surface area contributed by atoms with E-state index < -0.39 is 86.6 Å². The first-order chi connectivity index (χ1) is 32.5. The van der Waals surface area contributed by atoms with Gasteiger partial charge in [-0.2, -0.15) is 0 Å². The Morgan fingerprint density at radius 1 is 0.373 bits per heavy atom. The second kappa shape index (κ2) is 39.2. The molecule has 0 spiro atoms. The molecule has 0 aromatic heterocycles. The van der Waals surface area contributed by atoms with Gasteiger partial charge in [-0.3, -0.25) is 9.59 Å². The summed E-state index contributed by atoms with van der Waals surface area (Å²) in [6, 6.07) is 0. The fourth-order valence-corrected chi connectivity index (χ4v) is 9.66. The molecule has 0 aromatic carbocycles. The number of carbonyl (C=O) groups is 2. The van der Waals surface area contributed by atoms with Crippen LogP contribution >= 0.6 is 0 Å². The van der Waals surface area contributed by atoms with E-state index in [-0.39, 0.29) is 24.7 Å². The maximum Gasteiger partial charge on any atom is 0.306 e. The first kappa shape index (κ1) is 61.7. The Bertz CT molecular complexity index is 1070. The Morgan fingerprint density at radius 3 is 0.896 bits per heavy atom. The molecule has 13 heteroatoms. The topological polar surface area (TPSA) is 202 Å². The van der Waals surface area contributed by atoms with Crippen LogP contribution in [0.1, 0.15) is 246 Å². The number of aliphatic hydroxyl groups excluding tert-OH is 6. The van der Waals surface area contributed by atoms with Crippen molar-refractivity contribution in [1.29, 1.82) is 0 Å². The fourth-order valence-electron chi connectivity index (χ4n) is 9.66. The quantitative estimate of drug-likeness (QED) is 0.0250. The normalized spacial score (nSPS) is 25.6. The van der Waals surface area contributed by atoms with Crippen molar-refractivity contribution in [3.63, 3.8) is 0 Å². The van der Waals surface area contributed by atoms with Crippen LogP contribution in [0, 0.1) is 11.8 Å². The van der Waals surface area contributed by atoms with Crippen LogP contribution in [0.3, 0.4) is 0 Å². The number of ether oxygens (including phenoxy) is 5. The van der Waals surface area contributed by atoms with E-state index in [1.54, 1.807) is 0 Å². The Hall–Kier alpha value is -1.42. The van der Waals surface area contributed by atoms with E-state index in [9.17, 15) is 40.2 Å². The number of hydrogen-bond acceptors (Lipinski definition) is 13. The Labute approximate surface area is 407 Å². The van der Waals surface area contributed by atoms with Gasteiger partial charge in [0.05, 0.1) is 0 Å². The van der Waals surface area contributed by atoms with Crippen LogP contribution in [0.4, 0.5) is 0 Å². The summed E-state index contributed by atoms with van der Waals surface area (Å²) in [5.74, 6) is -0.534. The molecule has 67 heavy (non-hydrogen) atoms. The highest BCUT2D eigenvalue weighted by Crippen LogP contribution is 2.30. The fraction of sp³-hybridized carbons (Fsp3) is 0.963. The van der Waals surface area contributed by atoms with E-state index in [1.807, 2.05) is 0 Å². The van der Waals surface area contributed by atoms with E-state index in [0.717, 1.165) is 77.0 Å². The molecule has 2 heterocycles. The zero-order chi connectivity index (χ0) is 49.1. The van der Waals surface area contributed by atoms with Crippen molar-refractivity contribution in [2.45, 2.75) is 307 Å². The minimum absolute atomic E-state index is 0.171. The van der Waals surface area contributed by atoms with E-state index in [4.69, 9.17) is 23.7 Å². The minimum Gasteiger partial charge on any atom is -0.463 e. The zero-order valence-electron chi connectivity index (χ0n) is 42.9. The molecule has 2 aliphatic heterocycles. The molecule has 0 radical (unpaired) electrons. The van der Waals surface area contributed by atoms with Gasteiger partial charge in [0.15, 0.2) is 12.6 Å². The van der Waals surface area contributed by atoms with E-state index in [2.05, 4.69) is 27.7 Å². The second-order valence-electron chi connectivity index (χ2n) is 20.3.